The molecule has 8 nitrogen and oxygen atoms in total. The minimum Gasteiger partial charge on any atom is -0.460 e. The van der Waals surface area contributed by atoms with Gasteiger partial charge in [0.05, 0.1) is 11.4 Å². The summed E-state index contributed by atoms with van der Waals surface area (Å²) in [5.41, 5.74) is 0.670. The number of benzene rings is 1. The fourth-order valence-electron chi connectivity index (χ4n) is 1.33. The molecule has 0 aliphatic carbocycles. The number of carbonyl (C=O) groups excluding carboxylic acids is 2. The summed E-state index contributed by atoms with van der Waals surface area (Å²) in [6, 6.07) is 4.84. The van der Waals surface area contributed by atoms with Crippen LogP contribution in [0.5, 0.6) is 0 Å². The zero-order valence-electron chi connectivity index (χ0n) is 12.0. The highest BCUT2D eigenvalue weighted by Crippen LogP contribution is 2.12. The van der Waals surface area contributed by atoms with Crippen molar-refractivity contribution in [3.8, 4) is 0 Å². The van der Waals surface area contributed by atoms with E-state index in [9.17, 15) is 18.0 Å². The average Bonchev–Trinajstić information content (AvgIpc) is 2.42. The second-order valence-corrected chi connectivity index (χ2v) is 5.93. The maximum atomic E-state index is 11.5. The topological polar surface area (TPSA) is 128 Å². The van der Waals surface area contributed by atoms with Gasteiger partial charge in [-0.25, -0.2) is 23.1 Å². The second-order valence-electron chi connectivity index (χ2n) is 4.37. The van der Waals surface area contributed by atoms with Crippen LogP contribution in [-0.4, -0.2) is 33.6 Å². The van der Waals surface area contributed by atoms with Gasteiger partial charge >= 0.3 is 12.0 Å². The van der Waals surface area contributed by atoms with Crippen LogP contribution >= 0.6 is 0 Å². The fourth-order valence-corrected chi connectivity index (χ4v) is 1.85. The molecule has 0 unspecified atom stereocenters. The van der Waals surface area contributed by atoms with E-state index < -0.39 is 22.0 Å². The summed E-state index contributed by atoms with van der Waals surface area (Å²) in [4.78, 5) is 22.6. The first kappa shape index (κ1) is 17.7. The standard InChI is InChI=1S/C13H17N3O5S/c1-9(2)12(17)21-8-7-15-13(18)16-10-3-5-11(6-4-10)22(14,19)20/h3-6H,1,7-8H2,2H3,(H2,14,19,20)(H2,15,16,18). The highest BCUT2D eigenvalue weighted by molar-refractivity contribution is 7.89. The predicted molar refractivity (Wildman–Crippen MR) is 80.6 cm³/mol. The van der Waals surface area contributed by atoms with Gasteiger partial charge in [-0.1, -0.05) is 6.58 Å². The first-order chi connectivity index (χ1) is 10.2. The summed E-state index contributed by atoms with van der Waals surface area (Å²) in [5, 5.41) is 9.92. The molecule has 4 N–H and O–H groups in total. The molecule has 1 aromatic carbocycles. The summed E-state index contributed by atoms with van der Waals surface area (Å²) in [7, 11) is -3.76. The Balaban J connectivity index is 2.39. The molecule has 22 heavy (non-hydrogen) atoms. The molecule has 2 amide bonds. The molecule has 0 bridgehead atoms. The lowest BCUT2D eigenvalue weighted by Gasteiger charge is -2.08. The van der Waals surface area contributed by atoms with Crippen LogP contribution in [0.3, 0.4) is 0 Å². The number of sulfonamides is 1. The van der Waals surface area contributed by atoms with Gasteiger partial charge in [-0.2, -0.15) is 0 Å². The molecule has 0 aromatic heterocycles. The maximum absolute atomic E-state index is 11.5. The van der Waals surface area contributed by atoms with Crippen LogP contribution in [0.4, 0.5) is 10.5 Å². The largest absolute Gasteiger partial charge is 0.460 e. The molecule has 0 saturated carbocycles. The highest BCUT2D eigenvalue weighted by atomic mass is 32.2. The average molecular weight is 327 g/mol. The van der Waals surface area contributed by atoms with Crippen LogP contribution in [-0.2, 0) is 19.6 Å². The van der Waals surface area contributed by atoms with Crippen molar-refractivity contribution >= 4 is 27.7 Å². The molecular formula is C13H17N3O5S. The number of urea groups is 1. The number of nitrogens with one attached hydrogen (secondary N) is 2. The van der Waals surface area contributed by atoms with Crippen LogP contribution < -0.4 is 15.8 Å². The Kier molecular flexibility index (Phi) is 6.08. The fraction of sp³-hybridized carbons (Fsp3) is 0.231. The lowest BCUT2D eigenvalue weighted by molar-refractivity contribution is -0.138. The molecule has 9 heteroatoms. The van der Waals surface area contributed by atoms with Gasteiger partial charge in [0.2, 0.25) is 10.0 Å². The predicted octanol–water partition coefficient (Wildman–Crippen LogP) is 0.575. The van der Waals surface area contributed by atoms with Gasteiger partial charge in [0.25, 0.3) is 0 Å². The Morgan fingerprint density at radius 3 is 2.36 bits per heavy atom. The molecule has 0 saturated heterocycles. The van der Waals surface area contributed by atoms with E-state index in [4.69, 9.17) is 9.88 Å². The number of anilines is 1. The van der Waals surface area contributed by atoms with Crippen molar-refractivity contribution in [2.45, 2.75) is 11.8 Å². The van der Waals surface area contributed by atoms with E-state index in [1.54, 1.807) is 0 Å². The van der Waals surface area contributed by atoms with Gasteiger partial charge in [-0.15, -0.1) is 0 Å². The van der Waals surface area contributed by atoms with Crippen molar-refractivity contribution in [1.29, 1.82) is 0 Å². The molecule has 0 aliphatic rings. The van der Waals surface area contributed by atoms with Gasteiger partial charge in [0.1, 0.15) is 6.61 Å². The number of amides is 2. The second kappa shape index (κ2) is 7.57. The summed E-state index contributed by atoms with van der Waals surface area (Å²) < 4.78 is 26.9. The number of esters is 1. The SMILES string of the molecule is C=C(C)C(=O)OCCNC(=O)Nc1ccc(S(N)(=O)=O)cc1. The number of ether oxygens (including phenoxy) is 1. The van der Waals surface area contributed by atoms with Crippen LogP contribution in [0, 0.1) is 0 Å². The van der Waals surface area contributed by atoms with Crippen molar-refractivity contribution < 1.29 is 22.7 Å². The molecule has 0 spiro atoms. The lowest BCUT2D eigenvalue weighted by Crippen LogP contribution is -2.32. The maximum Gasteiger partial charge on any atom is 0.333 e. The van der Waals surface area contributed by atoms with Gasteiger partial charge in [0.15, 0.2) is 0 Å². The van der Waals surface area contributed by atoms with E-state index in [-0.39, 0.29) is 23.6 Å². The summed E-state index contributed by atoms with van der Waals surface area (Å²) in [6.45, 7) is 5.09. The third-order valence-electron chi connectivity index (χ3n) is 2.41. The molecule has 120 valence electrons. The molecular weight excluding hydrogens is 310 g/mol. The quantitative estimate of drug-likeness (QED) is 0.400. The van der Waals surface area contributed by atoms with Crippen molar-refractivity contribution in [2.75, 3.05) is 18.5 Å². The molecule has 1 rings (SSSR count). The Morgan fingerprint density at radius 1 is 1.27 bits per heavy atom. The van der Waals surface area contributed by atoms with E-state index in [0.29, 0.717) is 5.69 Å². The normalized spacial score (nSPS) is 10.6. The minimum atomic E-state index is -3.76. The molecule has 0 aliphatic heterocycles. The number of hydrogen-bond acceptors (Lipinski definition) is 5. The Morgan fingerprint density at radius 2 is 1.86 bits per heavy atom. The monoisotopic (exact) mass is 327 g/mol. The third kappa shape index (κ3) is 5.94. The lowest BCUT2D eigenvalue weighted by atomic mass is 10.3. The van der Waals surface area contributed by atoms with Crippen LogP contribution in [0.2, 0.25) is 0 Å². The zero-order valence-corrected chi connectivity index (χ0v) is 12.8. The van der Waals surface area contributed by atoms with E-state index in [0.717, 1.165) is 0 Å². The molecule has 0 fully saturated rings. The van der Waals surface area contributed by atoms with Crippen LogP contribution in [0.15, 0.2) is 41.3 Å². The number of rotatable bonds is 6. The van der Waals surface area contributed by atoms with Gasteiger partial charge in [-0.3, -0.25) is 0 Å². The van der Waals surface area contributed by atoms with Crippen LogP contribution in [0.1, 0.15) is 6.92 Å². The van der Waals surface area contributed by atoms with E-state index >= 15 is 0 Å². The first-order valence-corrected chi connectivity index (χ1v) is 7.75. The molecule has 0 heterocycles. The van der Waals surface area contributed by atoms with Gasteiger partial charge in [0, 0.05) is 11.3 Å². The van der Waals surface area contributed by atoms with Gasteiger partial charge in [-0.05, 0) is 31.2 Å². The number of hydrogen-bond donors (Lipinski definition) is 3. The van der Waals surface area contributed by atoms with Crippen molar-refractivity contribution in [3.05, 3.63) is 36.4 Å². The van der Waals surface area contributed by atoms with E-state index in [1.807, 2.05) is 0 Å². The van der Waals surface area contributed by atoms with Crippen molar-refractivity contribution in [3.63, 3.8) is 0 Å². The molecule has 0 atom stereocenters. The Labute approximate surface area is 128 Å². The number of nitrogens with two attached hydrogens (primary N) is 1. The van der Waals surface area contributed by atoms with Crippen molar-refractivity contribution in [1.82, 2.24) is 5.32 Å². The third-order valence-corrected chi connectivity index (χ3v) is 3.34. The molecule has 0 radical (unpaired) electrons. The van der Waals surface area contributed by atoms with Crippen molar-refractivity contribution in [2.24, 2.45) is 5.14 Å². The Hall–Kier alpha value is -2.39. The molecule has 1 aromatic rings. The Bertz CT molecular complexity index is 667. The van der Waals surface area contributed by atoms with Crippen LogP contribution in [0.25, 0.3) is 0 Å². The van der Waals surface area contributed by atoms with E-state index in [2.05, 4.69) is 17.2 Å². The zero-order chi connectivity index (χ0) is 16.8. The number of primary sulfonamides is 1. The minimum absolute atomic E-state index is 0.0173. The smallest absolute Gasteiger partial charge is 0.333 e. The first-order valence-electron chi connectivity index (χ1n) is 6.20. The highest BCUT2D eigenvalue weighted by Gasteiger charge is 2.08. The summed E-state index contributed by atoms with van der Waals surface area (Å²) in [6.07, 6.45) is 0. The van der Waals surface area contributed by atoms with Gasteiger partial charge < -0.3 is 15.4 Å². The summed E-state index contributed by atoms with van der Waals surface area (Å²) >= 11 is 0. The summed E-state index contributed by atoms with van der Waals surface area (Å²) in [5.74, 6) is -0.527. The number of carbonyl (C=O) groups is 2. The van der Waals surface area contributed by atoms with E-state index in [1.165, 1.54) is 31.2 Å².